The van der Waals surface area contributed by atoms with Crippen LogP contribution in [0.3, 0.4) is 0 Å². The van der Waals surface area contributed by atoms with Crippen LogP contribution in [0.4, 0.5) is 17.1 Å². The van der Waals surface area contributed by atoms with Crippen molar-refractivity contribution in [3.63, 3.8) is 0 Å². The van der Waals surface area contributed by atoms with E-state index in [9.17, 15) is 0 Å². The molecule has 1 heterocycles. The van der Waals surface area contributed by atoms with Crippen LogP contribution in [0, 0.1) is 23.7 Å². The second-order valence-corrected chi connectivity index (χ2v) is 16.9. The van der Waals surface area contributed by atoms with Crippen LogP contribution in [0.1, 0.15) is 88.5 Å². The van der Waals surface area contributed by atoms with E-state index in [-0.39, 0.29) is 16.2 Å². The Balaban J connectivity index is 1.24. The molecule has 0 N–H and O–H groups in total. The van der Waals surface area contributed by atoms with Crippen molar-refractivity contribution in [2.75, 3.05) is 4.90 Å². The van der Waals surface area contributed by atoms with Crippen molar-refractivity contribution >= 4 is 27.8 Å². The van der Waals surface area contributed by atoms with Crippen LogP contribution in [-0.2, 0) is 16.2 Å². The van der Waals surface area contributed by atoms with E-state index in [0.717, 1.165) is 23.3 Å². The molecule has 1 aliphatic heterocycles. The molecule has 4 fully saturated rings. The molecule has 47 heavy (non-hydrogen) atoms. The van der Waals surface area contributed by atoms with Crippen molar-refractivity contribution in [3.05, 3.63) is 125 Å². The molecule has 1 spiro atoms. The summed E-state index contributed by atoms with van der Waals surface area (Å²) in [5, 5.41) is 2.55. The highest BCUT2D eigenvalue weighted by Crippen LogP contribution is 2.72. The lowest BCUT2D eigenvalue weighted by atomic mass is 9.56. The molecule has 0 radical (unpaired) electrons. The summed E-state index contributed by atoms with van der Waals surface area (Å²) < 4.78 is 6.81. The van der Waals surface area contributed by atoms with Crippen molar-refractivity contribution in [1.82, 2.24) is 0 Å². The zero-order valence-electron chi connectivity index (χ0n) is 28.2. The second-order valence-electron chi connectivity index (χ2n) is 16.9. The molecule has 236 valence electrons. The lowest BCUT2D eigenvalue weighted by Crippen LogP contribution is -2.44. The van der Waals surface area contributed by atoms with Gasteiger partial charge >= 0.3 is 0 Å². The maximum absolute atomic E-state index is 6.81. The summed E-state index contributed by atoms with van der Waals surface area (Å²) in [6.45, 7) is 9.79. The highest BCUT2D eigenvalue weighted by atomic mass is 16.5. The Bertz CT molecular complexity index is 2080. The van der Waals surface area contributed by atoms with E-state index in [0.29, 0.717) is 11.8 Å². The van der Waals surface area contributed by atoms with Gasteiger partial charge in [-0.3, -0.25) is 0 Å². The van der Waals surface area contributed by atoms with Crippen LogP contribution in [0.15, 0.2) is 103 Å². The van der Waals surface area contributed by atoms with Gasteiger partial charge in [-0.15, -0.1) is 0 Å². The second kappa shape index (κ2) is 9.53. The van der Waals surface area contributed by atoms with Gasteiger partial charge in [-0.2, -0.15) is 0 Å². The largest absolute Gasteiger partial charge is 0.457 e. The van der Waals surface area contributed by atoms with E-state index in [1.165, 1.54) is 88.6 Å². The van der Waals surface area contributed by atoms with Crippen LogP contribution in [0.25, 0.3) is 10.8 Å². The minimum Gasteiger partial charge on any atom is -0.457 e. The number of nitrogens with zero attached hydrogens (tertiary/aromatic N) is 1. The molecule has 2 nitrogen and oxygen atoms in total. The standard InChI is InChI=1S/C45H45NO/c1-43(2)20-21-44(3,4)42-36(43)13-9-14-39(42)46(33-17-16-29-10-5-6-11-30(29)26-33)34-18-19-41-38(27-34)45(35-12-7-8-15-40(35)47-41)32-23-28-22-31(25-32)37(45)24-28/h5-19,26-28,31-32,37H,20-25H2,1-4H3. The number of ether oxygens (including phenoxy) is 1. The maximum Gasteiger partial charge on any atom is 0.131 e. The fourth-order valence-electron chi connectivity index (χ4n) is 11.5. The average molecular weight is 616 g/mol. The molecule has 5 atom stereocenters. The summed E-state index contributed by atoms with van der Waals surface area (Å²) in [6, 6.07) is 39.1. The lowest BCUT2D eigenvalue weighted by Gasteiger charge is -2.49. The van der Waals surface area contributed by atoms with Gasteiger partial charge in [0.05, 0.1) is 5.69 Å². The van der Waals surface area contributed by atoms with Gasteiger partial charge in [-0.25, -0.2) is 0 Å². The molecule has 2 heteroatoms. The van der Waals surface area contributed by atoms with Crippen LogP contribution in [-0.4, -0.2) is 0 Å². The Morgan fingerprint density at radius 3 is 2.19 bits per heavy atom. The number of rotatable bonds is 3. The van der Waals surface area contributed by atoms with Gasteiger partial charge in [-0.1, -0.05) is 88.4 Å². The number of hydrogen-bond acceptors (Lipinski definition) is 2. The van der Waals surface area contributed by atoms with Gasteiger partial charge in [0, 0.05) is 27.9 Å². The van der Waals surface area contributed by atoms with Crippen molar-refractivity contribution in [3.8, 4) is 11.5 Å². The molecule has 0 aromatic heterocycles. The number of benzene rings is 5. The summed E-state index contributed by atoms with van der Waals surface area (Å²) in [7, 11) is 0. The molecular formula is C45H45NO. The summed E-state index contributed by atoms with van der Waals surface area (Å²) >= 11 is 0. The highest BCUT2D eigenvalue weighted by Gasteiger charge is 2.65. The van der Waals surface area contributed by atoms with Crippen molar-refractivity contribution in [2.45, 2.75) is 82.5 Å². The molecular weight excluding hydrogens is 571 g/mol. The Morgan fingerprint density at radius 2 is 1.32 bits per heavy atom. The minimum atomic E-state index is 0.0320. The first-order valence-electron chi connectivity index (χ1n) is 18.1. The van der Waals surface area contributed by atoms with Gasteiger partial charge in [-0.05, 0) is 137 Å². The molecule has 5 aromatic rings. The summed E-state index contributed by atoms with van der Waals surface area (Å²) in [5.41, 5.74) is 9.88. The van der Waals surface area contributed by atoms with Crippen molar-refractivity contribution in [1.29, 1.82) is 0 Å². The first-order valence-corrected chi connectivity index (χ1v) is 18.1. The fourth-order valence-corrected chi connectivity index (χ4v) is 11.5. The molecule has 5 aromatic carbocycles. The molecule has 11 rings (SSSR count). The molecule has 5 aliphatic carbocycles. The smallest absolute Gasteiger partial charge is 0.131 e. The monoisotopic (exact) mass is 615 g/mol. The van der Waals surface area contributed by atoms with Crippen LogP contribution < -0.4 is 9.64 Å². The molecule has 4 saturated carbocycles. The lowest BCUT2D eigenvalue weighted by molar-refractivity contribution is 0.173. The normalized spacial score (nSPS) is 28.5. The Morgan fingerprint density at radius 1 is 0.596 bits per heavy atom. The summed E-state index contributed by atoms with van der Waals surface area (Å²) in [6.07, 6.45) is 7.89. The molecule has 6 aliphatic rings. The predicted molar refractivity (Wildman–Crippen MR) is 194 cm³/mol. The van der Waals surface area contributed by atoms with Crippen LogP contribution in [0.5, 0.6) is 11.5 Å². The highest BCUT2D eigenvalue weighted by molar-refractivity contribution is 5.90. The summed E-state index contributed by atoms with van der Waals surface area (Å²) in [5.74, 6) is 5.27. The summed E-state index contributed by atoms with van der Waals surface area (Å²) in [4.78, 5) is 2.59. The molecule has 0 saturated heterocycles. The van der Waals surface area contributed by atoms with E-state index in [1.807, 2.05) is 0 Å². The SMILES string of the molecule is CC1(C)CCC(C)(C)c2c(N(c3ccc4c(c3)C3(c5ccccc5O4)C4CC5CC(C4)C3C5)c3ccc4ccccc4c3)cccc21. The van der Waals surface area contributed by atoms with E-state index < -0.39 is 0 Å². The Labute approximate surface area is 279 Å². The van der Waals surface area contributed by atoms with E-state index >= 15 is 0 Å². The van der Waals surface area contributed by atoms with Crippen molar-refractivity contribution in [2.24, 2.45) is 23.7 Å². The third-order valence-corrected chi connectivity index (χ3v) is 13.5. The quantitative estimate of drug-likeness (QED) is 0.200. The van der Waals surface area contributed by atoms with E-state index in [4.69, 9.17) is 4.74 Å². The third kappa shape index (κ3) is 3.79. The maximum atomic E-state index is 6.81. The molecule has 4 bridgehead atoms. The number of hydrogen-bond donors (Lipinski definition) is 0. The molecule has 0 amide bonds. The third-order valence-electron chi connectivity index (χ3n) is 13.5. The number of anilines is 3. The zero-order valence-corrected chi connectivity index (χ0v) is 28.2. The number of para-hydroxylation sites is 1. The van der Waals surface area contributed by atoms with Gasteiger partial charge in [0.15, 0.2) is 0 Å². The average Bonchev–Trinajstić information content (AvgIpc) is 3.49. The van der Waals surface area contributed by atoms with Crippen LogP contribution in [0.2, 0.25) is 0 Å². The topological polar surface area (TPSA) is 12.5 Å². The number of fused-ring (bicyclic) bond motifs is 4. The van der Waals surface area contributed by atoms with E-state index in [2.05, 4.69) is 136 Å². The van der Waals surface area contributed by atoms with Gasteiger partial charge in [0.1, 0.15) is 11.5 Å². The predicted octanol–water partition coefficient (Wildman–Crippen LogP) is 12.1. The van der Waals surface area contributed by atoms with Crippen molar-refractivity contribution < 1.29 is 4.74 Å². The van der Waals surface area contributed by atoms with Crippen LogP contribution >= 0.6 is 0 Å². The first-order chi connectivity index (χ1) is 22.7. The minimum absolute atomic E-state index is 0.0320. The fraction of sp³-hybridized carbons (Fsp3) is 0.378. The van der Waals surface area contributed by atoms with Gasteiger partial charge in [0.25, 0.3) is 0 Å². The first kappa shape index (κ1) is 28.0. The Hall–Kier alpha value is -4.04. The molecule has 5 unspecified atom stereocenters. The zero-order chi connectivity index (χ0) is 31.7. The Kier molecular flexibility index (Phi) is 5.68. The van der Waals surface area contributed by atoms with Gasteiger partial charge in [0.2, 0.25) is 0 Å². The van der Waals surface area contributed by atoms with E-state index in [1.54, 1.807) is 0 Å². The van der Waals surface area contributed by atoms with Gasteiger partial charge < -0.3 is 9.64 Å².